The molecule has 10 nitrogen and oxygen atoms in total. The fourth-order valence-electron chi connectivity index (χ4n) is 3.69. The molecule has 0 aromatic heterocycles. The van der Waals surface area contributed by atoms with E-state index in [-0.39, 0.29) is 22.2 Å². The minimum atomic E-state index is -5.09. The third-order valence-corrected chi connectivity index (χ3v) is 7.21. The van der Waals surface area contributed by atoms with Gasteiger partial charge in [0.1, 0.15) is 0 Å². The average molecular weight is 529 g/mol. The van der Waals surface area contributed by atoms with Gasteiger partial charge in [0.25, 0.3) is 5.69 Å². The van der Waals surface area contributed by atoms with Gasteiger partial charge in [-0.15, -0.1) is 0 Å². The zero-order chi connectivity index (χ0) is 25.0. The third-order valence-electron chi connectivity index (χ3n) is 5.10. The number of nitrogens with zero attached hydrogens (tertiary/aromatic N) is 2. The van der Waals surface area contributed by atoms with Gasteiger partial charge in [-0.1, -0.05) is 30.3 Å². The van der Waals surface area contributed by atoms with Crippen LogP contribution in [0.15, 0.2) is 60.7 Å². The van der Waals surface area contributed by atoms with Crippen LogP contribution in [0.3, 0.4) is 0 Å². The molecule has 4 rings (SSSR count). The number of amides is 1. The number of carbonyl (C=O) groups excluding carboxylic acids is 1. The zero-order valence-corrected chi connectivity index (χ0v) is 20.4. The van der Waals surface area contributed by atoms with E-state index >= 15 is 0 Å². The first-order valence-corrected chi connectivity index (χ1v) is 13.5. The molecule has 0 aliphatic carbocycles. The van der Waals surface area contributed by atoms with Crippen molar-refractivity contribution < 1.29 is 26.8 Å². The van der Waals surface area contributed by atoms with Crippen LogP contribution in [0.2, 0.25) is 0 Å². The molecule has 0 radical (unpaired) electrons. The Kier molecular flexibility index (Phi) is 7.58. The van der Waals surface area contributed by atoms with Crippen LogP contribution in [0.1, 0.15) is 18.1 Å². The second-order valence-corrected chi connectivity index (χ2v) is 11.1. The maximum Gasteiger partial charge on any atom is 0.270 e. The molecule has 0 atom stereocenters. The number of fused-ring (bicyclic) bond motifs is 1. The maximum atomic E-state index is 11.1. The monoisotopic (exact) mass is 529 g/mol. The van der Waals surface area contributed by atoms with Crippen molar-refractivity contribution in [3.05, 3.63) is 81.9 Å². The van der Waals surface area contributed by atoms with Gasteiger partial charge in [0.15, 0.2) is 0 Å². The summed E-state index contributed by atoms with van der Waals surface area (Å²) >= 11 is -5.09. The number of benzene rings is 3. The summed E-state index contributed by atoms with van der Waals surface area (Å²) in [7, 11) is 2.03. The SMILES string of the molecule is CC(=O)Nc1ccc([As](=O)(O)O)c(O)c1.CN1Cc2cc([N+](=O)[O-])cc(-c3ccccc3)c2C1. The molecular weight excluding hydrogens is 505 g/mol. The molecule has 0 saturated heterocycles. The van der Waals surface area contributed by atoms with Gasteiger partial charge in [-0.3, -0.25) is 15.0 Å². The summed E-state index contributed by atoms with van der Waals surface area (Å²) in [5.41, 5.74) is 4.75. The van der Waals surface area contributed by atoms with E-state index in [2.05, 4.69) is 10.2 Å². The predicted molar refractivity (Wildman–Crippen MR) is 127 cm³/mol. The van der Waals surface area contributed by atoms with Gasteiger partial charge in [-0.05, 0) is 29.3 Å². The van der Waals surface area contributed by atoms with E-state index in [1.54, 1.807) is 12.1 Å². The van der Waals surface area contributed by atoms with Gasteiger partial charge in [-0.25, -0.2) is 0 Å². The average Bonchev–Trinajstić information content (AvgIpc) is 3.13. The number of aromatic hydroxyl groups is 1. The number of hydrogen-bond acceptors (Lipinski definition) is 6. The first-order valence-electron chi connectivity index (χ1n) is 10.2. The first kappa shape index (κ1) is 25.2. The number of non-ortho nitro benzene ring substituents is 1. The topological polar surface area (TPSA) is 153 Å². The Hall–Kier alpha value is -3.43. The molecule has 1 amide bonds. The van der Waals surface area contributed by atoms with Gasteiger partial charge in [-0.2, -0.15) is 0 Å². The van der Waals surface area contributed by atoms with E-state index in [0.29, 0.717) is 0 Å². The fraction of sp³-hybridized carbons (Fsp3) is 0.174. The number of nitrogens with one attached hydrogen (secondary N) is 1. The second-order valence-electron chi connectivity index (χ2n) is 7.86. The van der Waals surface area contributed by atoms with Crippen molar-refractivity contribution in [1.82, 2.24) is 4.90 Å². The van der Waals surface area contributed by atoms with Gasteiger partial charge in [0.05, 0.1) is 4.92 Å². The maximum absolute atomic E-state index is 11.1. The normalized spacial score (nSPS) is 12.9. The van der Waals surface area contributed by atoms with Crippen molar-refractivity contribution in [1.29, 1.82) is 0 Å². The Morgan fingerprint density at radius 3 is 2.32 bits per heavy atom. The van der Waals surface area contributed by atoms with Crippen LogP contribution in [-0.2, 0) is 21.6 Å². The molecule has 0 bridgehead atoms. The number of nitro groups is 1. The van der Waals surface area contributed by atoms with Crippen molar-refractivity contribution in [3.8, 4) is 16.9 Å². The molecule has 3 aromatic rings. The summed E-state index contributed by atoms with van der Waals surface area (Å²) in [5, 5.41) is 22.7. The molecule has 0 unspecified atom stereocenters. The van der Waals surface area contributed by atoms with E-state index < -0.39 is 24.3 Å². The number of rotatable bonds is 4. The molecule has 1 aliphatic rings. The minimum absolute atomic E-state index is 0.174. The van der Waals surface area contributed by atoms with E-state index in [4.69, 9.17) is 8.19 Å². The molecule has 178 valence electrons. The Morgan fingerprint density at radius 1 is 1.09 bits per heavy atom. The molecule has 0 spiro atoms. The van der Waals surface area contributed by atoms with Crippen molar-refractivity contribution in [2.75, 3.05) is 12.4 Å². The molecule has 34 heavy (non-hydrogen) atoms. The zero-order valence-electron chi connectivity index (χ0n) is 18.5. The number of anilines is 1. The quantitative estimate of drug-likeness (QED) is 0.228. The Balaban J connectivity index is 0.000000197. The molecular formula is C23H24AsN3O7. The van der Waals surface area contributed by atoms with Gasteiger partial charge in [0, 0.05) is 25.2 Å². The van der Waals surface area contributed by atoms with Crippen LogP contribution in [0.25, 0.3) is 11.1 Å². The van der Waals surface area contributed by atoms with E-state index in [0.717, 1.165) is 41.9 Å². The standard InChI is InChI=1S/C15H14N2O2.C8H10AsNO5/c1-16-9-12-7-13(17(18)19)8-14(15(12)10-16)11-5-3-2-4-6-11;1-5(11)10-6-2-3-7(8(12)4-6)9(13,14)15/h2-8H,9-10H2,1H3;2-4,12H,1H3,(H,10,11)(H2,13,14,15). The van der Waals surface area contributed by atoms with Crippen LogP contribution in [0.5, 0.6) is 5.75 Å². The van der Waals surface area contributed by atoms with Crippen LogP contribution < -0.4 is 9.67 Å². The van der Waals surface area contributed by atoms with Crippen molar-refractivity contribution in [2.24, 2.45) is 0 Å². The Labute approximate surface area is 198 Å². The van der Waals surface area contributed by atoms with Crippen LogP contribution in [-0.4, -0.2) is 50.2 Å². The molecule has 1 aliphatic heterocycles. The van der Waals surface area contributed by atoms with E-state index in [9.17, 15) is 23.8 Å². The molecule has 3 aromatic carbocycles. The molecule has 11 heteroatoms. The van der Waals surface area contributed by atoms with Crippen molar-refractivity contribution in [3.63, 3.8) is 0 Å². The summed E-state index contributed by atoms with van der Waals surface area (Å²) in [5.74, 6) is -0.850. The van der Waals surface area contributed by atoms with Crippen LogP contribution in [0, 0.1) is 10.1 Å². The fourth-order valence-corrected chi connectivity index (χ4v) is 5.02. The first-order chi connectivity index (χ1) is 16.0. The summed E-state index contributed by atoms with van der Waals surface area (Å²) in [6.07, 6.45) is 0. The Morgan fingerprint density at radius 2 is 1.76 bits per heavy atom. The number of phenolic OH excluding ortho intramolecular Hbond substituents is 1. The van der Waals surface area contributed by atoms with Gasteiger partial charge in [0.2, 0.25) is 0 Å². The summed E-state index contributed by atoms with van der Waals surface area (Å²) < 4.78 is 28.2. The number of nitro benzene ring substituents is 1. The summed E-state index contributed by atoms with van der Waals surface area (Å²) in [6, 6.07) is 16.8. The summed E-state index contributed by atoms with van der Waals surface area (Å²) in [4.78, 5) is 23.6. The van der Waals surface area contributed by atoms with Gasteiger partial charge >= 0.3 is 88.1 Å². The van der Waals surface area contributed by atoms with Crippen molar-refractivity contribution >= 4 is 35.8 Å². The molecule has 0 saturated carbocycles. The Bertz CT molecular complexity index is 1280. The van der Waals surface area contributed by atoms with Crippen molar-refractivity contribution in [2.45, 2.75) is 20.0 Å². The smallest absolute Gasteiger partial charge is 0.270 e. The molecule has 1 heterocycles. The molecule has 4 N–H and O–H groups in total. The predicted octanol–water partition coefficient (Wildman–Crippen LogP) is 2.12. The van der Waals surface area contributed by atoms with Crippen LogP contribution in [0.4, 0.5) is 11.4 Å². The summed E-state index contributed by atoms with van der Waals surface area (Å²) in [6.45, 7) is 2.91. The van der Waals surface area contributed by atoms with Crippen LogP contribution >= 0.6 is 0 Å². The second kappa shape index (κ2) is 10.2. The largest absolute Gasteiger partial charge is 0.298 e. The number of carbonyl (C=O) groups is 1. The number of hydrogen-bond donors (Lipinski definition) is 4. The minimum Gasteiger partial charge on any atom is -0.298 e. The van der Waals surface area contributed by atoms with Gasteiger partial charge < -0.3 is 0 Å². The third kappa shape index (κ3) is 6.12. The van der Waals surface area contributed by atoms with E-state index in [1.165, 1.54) is 18.6 Å². The van der Waals surface area contributed by atoms with E-state index in [1.807, 2.05) is 37.4 Å². The number of phenols is 1. The molecule has 0 fully saturated rings.